The predicted octanol–water partition coefficient (Wildman–Crippen LogP) is 15.4. The van der Waals surface area contributed by atoms with Gasteiger partial charge in [-0.15, -0.1) is 11.8 Å². The summed E-state index contributed by atoms with van der Waals surface area (Å²) in [7, 11) is 0. The summed E-state index contributed by atoms with van der Waals surface area (Å²) in [6.45, 7) is 11.7. The molecule has 1 heterocycles. The van der Waals surface area contributed by atoms with E-state index in [2.05, 4.69) is 20.1 Å². The molecule has 8 rings (SSSR count). The fraction of sp³-hybridized carbons (Fsp3) is 0.507. The molecule has 0 bridgehead atoms. The van der Waals surface area contributed by atoms with Crippen molar-refractivity contribution in [3.05, 3.63) is 110 Å². The van der Waals surface area contributed by atoms with E-state index in [1.54, 1.807) is 66.4 Å². The monoisotopic (exact) mass is 1230 g/mol. The number of esters is 6. The molecule has 4 aromatic carbocycles. The Labute approximate surface area is 522 Å². The molecule has 0 aliphatic heterocycles. The van der Waals surface area contributed by atoms with Crippen LogP contribution in [0.1, 0.15) is 161 Å². The maximum Gasteiger partial charge on any atom is 0.330 e. The van der Waals surface area contributed by atoms with Gasteiger partial charge in [-0.25, -0.2) is 14.6 Å². The summed E-state index contributed by atoms with van der Waals surface area (Å²) in [5.41, 5.74) is 0.681. The Morgan fingerprint density at radius 1 is 0.432 bits per heavy atom. The maximum absolute atomic E-state index is 13.8. The molecule has 3 aliphatic rings. The van der Waals surface area contributed by atoms with Crippen LogP contribution in [0, 0.1) is 23.7 Å². The van der Waals surface area contributed by atoms with Crippen LogP contribution >= 0.6 is 11.8 Å². The van der Waals surface area contributed by atoms with Crippen molar-refractivity contribution in [1.82, 2.24) is 4.98 Å². The Morgan fingerprint density at radius 2 is 0.818 bits per heavy atom. The van der Waals surface area contributed by atoms with Crippen LogP contribution < -0.4 is 28.4 Å². The van der Waals surface area contributed by atoms with Crippen LogP contribution in [0.15, 0.2) is 115 Å². The second-order valence-corrected chi connectivity index (χ2v) is 24.5. The second kappa shape index (κ2) is 35.7. The minimum atomic E-state index is -0.406. The molecule has 16 nitrogen and oxygen atoms in total. The third-order valence-corrected chi connectivity index (χ3v) is 18.0. The highest BCUT2D eigenvalue weighted by atomic mass is 32.2. The van der Waals surface area contributed by atoms with E-state index < -0.39 is 11.9 Å². The molecule has 3 fully saturated rings. The number of nitrogens with zero attached hydrogens (tertiary/aromatic N) is 1. The first-order valence-corrected chi connectivity index (χ1v) is 32.9. The largest absolute Gasteiger partial charge is 0.494 e. The number of carbonyl (C=O) groups excluding carboxylic acids is 6. The molecule has 0 N–H and O–H groups in total. The van der Waals surface area contributed by atoms with Gasteiger partial charge in [-0.2, -0.15) is 0 Å². The van der Waals surface area contributed by atoms with Gasteiger partial charge in [-0.3, -0.25) is 19.2 Å². The molecule has 0 unspecified atom stereocenters. The van der Waals surface area contributed by atoms with Gasteiger partial charge in [0.25, 0.3) is 0 Å². The zero-order chi connectivity index (χ0) is 61.9. The minimum Gasteiger partial charge on any atom is -0.494 e. The molecule has 3 saturated carbocycles. The fourth-order valence-electron chi connectivity index (χ4n) is 11.5. The van der Waals surface area contributed by atoms with Crippen molar-refractivity contribution >= 4 is 69.3 Å². The molecule has 472 valence electrons. The van der Waals surface area contributed by atoms with Crippen molar-refractivity contribution in [3.63, 3.8) is 0 Å². The Kier molecular flexibility index (Phi) is 27.0. The Bertz CT molecular complexity index is 3080. The van der Waals surface area contributed by atoms with Gasteiger partial charge in [0.2, 0.25) is 0 Å². The van der Waals surface area contributed by atoms with Gasteiger partial charge >= 0.3 is 35.8 Å². The average Bonchev–Trinajstić information content (AvgIpc) is 1.08. The normalized spacial score (nSPS) is 19.2. The molecule has 0 amide bonds. The molecule has 0 atom stereocenters. The molecule has 0 saturated heterocycles. The molecule has 5 aromatic rings. The van der Waals surface area contributed by atoms with Gasteiger partial charge in [0, 0.05) is 40.8 Å². The summed E-state index contributed by atoms with van der Waals surface area (Å²) >= 11 is 1.73. The number of rotatable bonds is 34. The molecule has 1 aromatic heterocycles. The SMILES string of the molecule is C=CC(=O)OCCCCCCOc1ccc(OC(=O)C2CCC(C(=O)Oc3ccc4c(c3)nc(SC3CCC(OCCCCCC)CC3)c3cc(OC(=O)C5CCC(C(=O)Oc6ccc(OCCCCCCOC(=O)C=C)cc6)CC5)ccc34)CC2)cc1. The number of unbranched alkanes of at least 4 members (excludes halogenated alkanes) is 9. The number of thioether (sulfide) groups is 1. The number of aromatic nitrogens is 1. The molecular formula is C71H87NO15S. The third-order valence-electron chi connectivity index (χ3n) is 16.7. The minimum absolute atomic E-state index is 0.251. The van der Waals surface area contributed by atoms with Crippen molar-refractivity contribution in [2.45, 2.75) is 177 Å². The summed E-state index contributed by atoms with van der Waals surface area (Å²) in [4.78, 5) is 81.6. The summed E-state index contributed by atoms with van der Waals surface area (Å²) in [5.74, 6) is -0.484. The summed E-state index contributed by atoms with van der Waals surface area (Å²) < 4.78 is 51.7. The molecule has 17 heteroatoms. The van der Waals surface area contributed by atoms with Crippen molar-refractivity contribution in [2.75, 3.05) is 33.0 Å². The number of benzene rings is 4. The highest BCUT2D eigenvalue weighted by Gasteiger charge is 2.34. The molecule has 88 heavy (non-hydrogen) atoms. The van der Waals surface area contributed by atoms with Crippen LogP contribution in [-0.2, 0) is 43.0 Å². The van der Waals surface area contributed by atoms with E-state index in [1.165, 1.54) is 19.3 Å². The van der Waals surface area contributed by atoms with Crippen molar-refractivity contribution in [3.8, 4) is 34.5 Å². The topological polar surface area (TPSA) is 198 Å². The van der Waals surface area contributed by atoms with E-state index in [0.717, 1.165) is 123 Å². The van der Waals surface area contributed by atoms with Crippen LogP contribution in [0.2, 0.25) is 0 Å². The standard InChI is InChI=1S/C71H87NO15S/c1-4-7-8-13-42-81-55-34-38-60(39-35-55)88-67-63-47-58(86-70(77)51-22-18-49(19-23-51)68(75)84-56-30-26-53(27-31-56)79-43-14-9-11-16-45-82-65(73)5-2)36-40-61(63)62-41-37-59(48-64(62)72-67)87-71(78)52-24-20-50(21-25-52)69(76)85-57-32-28-54(29-33-57)80-44-15-10-12-17-46-83-66(74)6-3/h5-6,26-33,36-37,40-41,47-52,55,60H,2-4,7-25,34-35,38-39,42-46H2,1H3. The number of hydrogen-bond acceptors (Lipinski definition) is 17. The smallest absolute Gasteiger partial charge is 0.330 e. The first-order valence-electron chi connectivity index (χ1n) is 32.0. The van der Waals surface area contributed by atoms with Crippen LogP contribution in [0.4, 0.5) is 0 Å². The zero-order valence-electron chi connectivity index (χ0n) is 51.1. The average molecular weight is 1230 g/mol. The Balaban J connectivity index is 0.820. The van der Waals surface area contributed by atoms with Gasteiger partial charge in [-0.05, 0) is 219 Å². The third kappa shape index (κ3) is 21.2. The van der Waals surface area contributed by atoms with Crippen molar-refractivity contribution in [2.24, 2.45) is 23.7 Å². The first kappa shape index (κ1) is 66.7. The van der Waals surface area contributed by atoms with E-state index in [0.29, 0.717) is 123 Å². The van der Waals surface area contributed by atoms with Crippen molar-refractivity contribution < 1.29 is 71.4 Å². The molecule has 0 radical (unpaired) electrons. The van der Waals surface area contributed by atoms with Crippen molar-refractivity contribution in [1.29, 1.82) is 0 Å². The first-order chi connectivity index (χ1) is 42.9. The predicted molar refractivity (Wildman–Crippen MR) is 338 cm³/mol. The van der Waals surface area contributed by atoms with E-state index in [1.807, 2.05) is 30.3 Å². The highest BCUT2D eigenvalue weighted by molar-refractivity contribution is 8.00. The van der Waals surface area contributed by atoms with Gasteiger partial charge in [0.1, 0.15) is 39.5 Å². The fourth-order valence-corrected chi connectivity index (χ4v) is 12.8. The zero-order valence-corrected chi connectivity index (χ0v) is 51.9. The lowest BCUT2D eigenvalue weighted by atomic mass is 9.82. The van der Waals surface area contributed by atoms with Crippen LogP contribution in [0.25, 0.3) is 21.7 Å². The van der Waals surface area contributed by atoms with Crippen LogP contribution in [-0.4, -0.2) is 85.2 Å². The van der Waals surface area contributed by atoms with E-state index in [-0.39, 0.29) is 53.7 Å². The van der Waals surface area contributed by atoms with E-state index in [4.69, 9.17) is 47.6 Å². The van der Waals surface area contributed by atoms with E-state index in [9.17, 15) is 28.8 Å². The van der Waals surface area contributed by atoms with Gasteiger partial charge in [0.15, 0.2) is 0 Å². The lowest BCUT2D eigenvalue weighted by Crippen LogP contribution is -2.30. The lowest BCUT2D eigenvalue weighted by Gasteiger charge is -2.28. The Morgan fingerprint density at radius 3 is 1.27 bits per heavy atom. The lowest BCUT2D eigenvalue weighted by molar-refractivity contribution is -0.145. The summed E-state index contributed by atoms with van der Waals surface area (Å²) in [6, 6.07) is 25.3. The Hall–Kier alpha value is -7.24. The molecule has 0 spiro atoms. The summed E-state index contributed by atoms with van der Waals surface area (Å²) in [5, 5.41) is 3.78. The van der Waals surface area contributed by atoms with Gasteiger partial charge in [0.05, 0.1) is 61.7 Å². The maximum atomic E-state index is 13.8. The molecular weight excluding hydrogens is 1140 g/mol. The number of carbonyl (C=O) groups is 6. The summed E-state index contributed by atoms with van der Waals surface area (Å²) in [6.07, 6.45) is 22.2. The van der Waals surface area contributed by atoms with Gasteiger partial charge < -0.3 is 42.6 Å². The number of hydrogen-bond donors (Lipinski definition) is 0. The number of fused-ring (bicyclic) bond motifs is 3. The number of pyridine rings is 1. The number of ether oxygens (including phenoxy) is 9. The highest BCUT2D eigenvalue weighted by Crippen LogP contribution is 2.42. The van der Waals surface area contributed by atoms with Gasteiger partial charge in [-0.1, -0.05) is 39.3 Å². The van der Waals surface area contributed by atoms with Crippen LogP contribution in [0.5, 0.6) is 34.5 Å². The second-order valence-electron chi connectivity index (χ2n) is 23.2. The van der Waals surface area contributed by atoms with E-state index >= 15 is 0 Å². The molecule has 3 aliphatic carbocycles. The quantitative estimate of drug-likeness (QED) is 0.0124. The van der Waals surface area contributed by atoms with Crippen LogP contribution in [0.3, 0.4) is 0 Å².